The van der Waals surface area contributed by atoms with Crippen LogP contribution in [-0.2, 0) is 11.9 Å². The van der Waals surface area contributed by atoms with Gasteiger partial charge in [0.1, 0.15) is 6.20 Å². The first-order chi connectivity index (χ1) is 9.50. The summed E-state index contributed by atoms with van der Waals surface area (Å²) in [7, 11) is 1.38. The monoisotopic (exact) mass is 295 g/mol. The van der Waals surface area contributed by atoms with E-state index in [4.69, 9.17) is 5.73 Å². The molecule has 0 aliphatic heterocycles. The summed E-state index contributed by atoms with van der Waals surface area (Å²) in [6.07, 6.45) is 0.961. The average Bonchev–Trinajstić information content (AvgIpc) is 3.04. The van der Waals surface area contributed by atoms with Crippen LogP contribution in [0.1, 0.15) is 15.4 Å². The van der Waals surface area contributed by atoms with Crippen LogP contribution in [0.3, 0.4) is 0 Å². The van der Waals surface area contributed by atoms with Gasteiger partial charge in [0.2, 0.25) is 5.69 Å². The van der Waals surface area contributed by atoms with Crippen LogP contribution in [0.15, 0.2) is 28.9 Å². The van der Waals surface area contributed by atoms with Gasteiger partial charge < -0.3 is 10.6 Å². The molecule has 0 aliphatic rings. The molecule has 2 aromatic rings. The topological polar surface area (TPSA) is 126 Å². The number of carbonyl (C=O) groups is 1. The second kappa shape index (κ2) is 5.48. The number of aromatic nitrogens is 2. The summed E-state index contributed by atoms with van der Waals surface area (Å²) in [5.74, 6) is -0.991. The average molecular weight is 295 g/mol. The zero-order valence-corrected chi connectivity index (χ0v) is 11.0. The smallest absolute Gasteiger partial charge is 0.380 e. The van der Waals surface area contributed by atoms with Crippen molar-refractivity contribution in [2.24, 2.45) is 17.9 Å². The lowest BCUT2D eigenvalue weighted by atomic mass is 10.4. The minimum atomic E-state index is -1.00. The number of hydrogen-bond acceptors (Lipinski definition) is 7. The van der Waals surface area contributed by atoms with Crippen molar-refractivity contribution >= 4 is 28.8 Å². The maximum Gasteiger partial charge on any atom is 0.390 e. The molecule has 0 saturated heterocycles. The predicted octanol–water partition coefficient (Wildman–Crippen LogP) is 0.867. The van der Waals surface area contributed by atoms with Gasteiger partial charge in [-0.25, -0.2) is 4.79 Å². The zero-order chi connectivity index (χ0) is 14.7. The van der Waals surface area contributed by atoms with E-state index in [1.165, 1.54) is 18.4 Å². The van der Waals surface area contributed by atoms with Crippen LogP contribution in [0.5, 0.6) is 0 Å². The Morgan fingerprint density at radius 3 is 3.00 bits per heavy atom. The van der Waals surface area contributed by atoms with Crippen molar-refractivity contribution in [1.82, 2.24) is 9.78 Å². The highest BCUT2D eigenvalue weighted by Gasteiger charge is 2.27. The van der Waals surface area contributed by atoms with Gasteiger partial charge in [-0.05, 0) is 11.4 Å². The number of rotatable bonds is 4. The first-order valence-electron chi connectivity index (χ1n) is 5.25. The fraction of sp³-hybridized carbons (Fsp3) is 0.100. The summed E-state index contributed by atoms with van der Waals surface area (Å²) in [6, 6.07) is 3.46. The molecule has 0 amide bonds. The summed E-state index contributed by atoms with van der Waals surface area (Å²) >= 11 is 1.32. The second-order valence-electron chi connectivity index (χ2n) is 3.59. The van der Waals surface area contributed by atoms with Gasteiger partial charge in [0.15, 0.2) is 5.84 Å². The molecule has 2 N–H and O–H groups in total. The highest BCUT2D eigenvalue weighted by molar-refractivity contribution is 7.12. The second-order valence-corrected chi connectivity index (χ2v) is 4.54. The molecule has 0 radical (unpaired) electrons. The number of thiophene rings is 1. The fourth-order valence-corrected chi connectivity index (χ4v) is 2.02. The number of oxime groups is 1. The molecular formula is C10H9N5O4S. The maximum atomic E-state index is 11.8. The highest BCUT2D eigenvalue weighted by Crippen LogP contribution is 2.18. The molecule has 0 aliphatic carbocycles. The Kier molecular flexibility index (Phi) is 3.75. The standard InChI is InChI=1S/C10H9N5O4S/c1-14-8(6(5-12-14)15(17)18)10(16)19-13-9(11)7-3-2-4-20-7/h2-5H,1H3,(H2,11,13). The number of carbonyl (C=O) groups excluding carboxylic acids is 1. The van der Waals surface area contributed by atoms with Gasteiger partial charge in [0, 0.05) is 7.05 Å². The molecule has 20 heavy (non-hydrogen) atoms. The molecule has 0 saturated carbocycles. The molecule has 0 bridgehead atoms. The minimum absolute atomic E-state index is 0.0122. The van der Waals surface area contributed by atoms with Crippen molar-refractivity contribution < 1.29 is 14.6 Å². The molecule has 9 nitrogen and oxygen atoms in total. The molecule has 10 heteroatoms. The van der Waals surface area contributed by atoms with Crippen LogP contribution >= 0.6 is 11.3 Å². The fourth-order valence-electron chi connectivity index (χ4n) is 1.40. The Morgan fingerprint density at radius 1 is 1.65 bits per heavy atom. The van der Waals surface area contributed by atoms with Gasteiger partial charge in [-0.15, -0.1) is 11.3 Å². The van der Waals surface area contributed by atoms with E-state index in [1.807, 2.05) is 0 Å². The lowest BCUT2D eigenvalue weighted by Gasteiger charge is -1.99. The first-order valence-corrected chi connectivity index (χ1v) is 6.13. The van der Waals surface area contributed by atoms with Crippen LogP contribution in [0.4, 0.5) is 5.69 Å². The molecule has 2 aromatic heterocycles. The van der Waals surface area contributed by atoms with Gasteiger partial charge in [-0.1, -0.05) is 11.2 Å². The third-order valence-corrected chi connectivity index (χ3v) is 3.20. The lowest BCUT2D eigenvalue weighted by molar-refractivity contribution is -0.385. The molecule has 104 valence electrons. The lowest BCUT2D eigenvalue weighted by Crippen LogP contribution is -2.15. The van der Waals surface area contributed by atoms with Crippen LogP contribution in [0.2, 0.25) is 0 Å². The molecule has 0 spiro atoms. The molecule has 2 heterocycles. The number of nitrogens with zero attached hydrogens (tertiary/aromatic N) is 4. The number of nitrogens with two attached hydrogens (primary N) is 1. The van der Waals surface area contributed by atoms with E-state index in [-0.39, 0.29) is 11.5 Å². The Bertz CT molecular complexity index is 676. The van der Waals surface area contributed by atoms with Crippen LogP contribution < -0.4 is 5.73 Å². The SMILES string of the molecule is Cn1ncc([N+](=O)[O-])c1C(=O)O/N=C(\N)c1cccs1. The summed E-state index contributed by atoms with van der Waals surface area (Å²) in [4.78, 5) is 27.0. The van der Waals surface area contributed by atoms with Crippen molar-refractivity contribution in [3.05, 3.63) is 44.4 Å². The largest absolute Gasteiger partial charge is 0.390 e. The molecule has 0 atom stereocenters. The highest BCUT2D eigenvalue weighted by atomic mass is 32.1. The van der Waals surface area contributed by atoms with Crippen LogP contribution in [0.25, 0.3) is 0 Å². The number of aryl methyl sites for hydroxylation is 1. The van der Waals surface area contributed by atoms with E-state index in [0.29, 0.717) is 4.88 Å². The molecule has 0 fully saturated rings. The molecular weight excluding hydrogens is 286 g/mol. The Morgan fingerprint density at radius 2 is 2.40 bits per heavy atom. The number of amidine groups is 1. The molecule has 0 unspecified atom stereocenters. The summed E-state index contributed by atoms with van der Waals surface area (Å²) in [5, 5.41) is 19.6. The van der Waals surface area contributed by atoms with Gasteiger partial charge in [-0.3, -0.25) is 14.8 Å². The van der Waals surface area contributed by atoms with Gasteiger partial charge >= 0.3 is 11.7 Å². The van der Waals surface area contributed by atoms with Crippen molar-refractivity contribution in [2.75, 3.05) is 0 Å². The summed E-state index contributed by atoms with van der Waals surface area (Å²) < 4.78 is 1.04. The van der Waals surface area contributed by atoms with Crippen LogP contribution in [-0.4, -0.2) is 26.5 Å². The van der Waals surface area contributed by atoms with E-state index < -0.39 is 16.6 Å². The maximum absolute atomic E-state index is 11.8. The third kappa shape index (κ3) is 2.64. The van der Waals surface area contributed by atoms with Gasteiger partial charge in [-0.2, -0.15) is 5.10 Å². The number of hydrogen-bond donors (Lipinski definition) is 1. The van der Waals surface area contributed by atoms with E-state index in [9.17, 15) is 14.9 Å². The Balaban J connectivity index is 2.19. The quantitative estimate of drug-likeness (QED) is 0.293. The predicted molar refractivity (Wildman–Crippen MR) is 70.3 cm³/mol. The summed E-state index contributed by atoms with van der Waals surface area (Å²) in [6.45, 7) is 0. The summed E-state index contributed by atoms with van der Waals surface area (Å²) in [5.41, 5.74) is 4.84. The van der Waals surface area contributed by atoms with Crippen LogP contribution in [0, 0.1) is 10.1 Å². The van der Waals surface area contributed by atoms with E-state index >= 15 is 0 Å². The Labute approximate surface area is 116 Å². The van der Waals surface area contributed by atoms with Gasteiger partial charge in [0.05, 0.1) is 9.80 Å². The minimum Gasteiger partial charge on any atom is -0.380 e. The third-order valence-electron chi connectivity index (χ3n) is 2.31. The van der Waals surface area contributed by atoms with Crippen molar-refractivity contribution in [3.63, 3.8) is 0 Å². The van der Waals surface area contributed by atoms with Crippen molar-refractivity contribution in [2.45, 2.75) is 0 Å². The van der Waals surface area contributed by atoms with Crippen molar-refractivity contribution in [1.29, 1.82) is 0 Å². The zero-order valence-electron chi connectivity index (χ0n) is 10.2. The van der Waals surface area contributed by atoms with E-state index in [2.05, 4.69) is 15.1 Å². The normalized spacial score (nSPS) is 11.3. The number of nitro groups is 1. The van der Waals surface area contributed by atoms with E-state index in [0.717, 1.165) is 10.9 Å². The Hall–Kier alpha value is -2.75. The first kappa shape index (κ1) is 13.7. The molecule has 0 aromatic carbocycles. The van der Waals surface area contributed by atoms with E-state index in [1.54, 1.807) is 17.5 Å². The van der Waals surface area contributed by atoms with Crippen molar-refractivity contribution in [3.8, 4) is 0 Å². The van der Waals surface area contributed by atoms with Gasteiger partial charge in [0.25, 0.3) is 0 Å². The molecule has 2 rings (SSSR count).